The number of ether oxygens (including phenoxy) is 2. The molecule has 2 rings (SSSR count). The van der Waals surface area contributed by atoms with Gasteiger partial charge in [-0.15, -0.1) is 0 Å². The number of hydrogen-bond acceptors (Lipinski definition) is 5. The summed E-state index contributed by atoms with van der Waals surface area (Å²) in [6.45, 7) is 8.53. The summed E-state index contributed by atoms with van der Waals surface area (Å²) in [5.74, 6) is -1.38. The van der Waals surface area contributed by atoms with Gasteiger partial charge < -0.3 is 20.1 Å². The zero-order chi connectivity index (χ0) is 21.4. The molecule has 0 spiro atoms. The highest BCUT2D eigenvalue weighted by Gasteiger charge is 2.39. The fourth-order valence-corrected chi connectivity index (χ4v) is 3.17. The maximum absolute atomic E-state index is 12.7. The second-order valence-electron chi connectivity index (χ2n) is 8.21. The number of hydrogen-bond donors (Lipinski definition) is 2. The topological polar surface area (TPSA) is 93.7 Å². The van der Waals surface area contributed by atoms with E-state index in [1.807, 2.05) is 58.0 Å². The van der Waals surface area contributed by atoms with E-state index >= 15 is 0 Å². The minimum absolute atomic E-state index is 0.289. The van der Waals surface area contributed by atoms with E-state index in [1.165, 1.54) is 0 Å². The summed E-state index contributed by atoms with van der Waals surface area (Å²) >= 11 is 0. The van der Waals surface area contributed by atoms with Gasteiger partial charge in [0, 0.05) is 5.41 Å². The van der Waals surface area contributed by atoms with Gasteiger partial charge >= 0.3 is 6.09 Å². The standard InChI is InChI=1S/C22H32N2O5/c1-5-6-12-17(24-21(27)29-18-13-28-14-22(18,3)4)19(25)20(26)23-15(2)16-10-8-7-9-11-16/h7-11,15,17-18H,5-6,12-14H2,1-4H3,(H,23,26)(H,24,27)/t15-,17+,18+/m1/s1. The monoisotopic (exact) mass is 404 g/mol. The second-order valence-corrected chi connectivity index (χ2v) is 8.21. The number of carbonyl (C=O) groups is 3. The lowest BCUT2D eigenvalue weighted by Gasteiger charge is -2.25. The Bertz CT molecular complexity index is 704. The van der Waals surface area contributed by atoms with E-state index in [1.54, 1.807) is 0 Å². The van der Waals surface area contributed by atoms with Crippen LogP contribution in [0, 0.1) is 5.41 Å². The molecule has 1 aromatic carbocycles. The Morgan fingerprint density at radius 2 is 1.90 bits per heavy atom. The Morgan fingerprint density at radius 1 is 1.21 bits per heavy atom. The van der Waals surface area contributed by atoms with Crippen molar-refractivity contribution in [1.29, 1.82) is 0 Å². The lowest BCUT2D eigenvalue weighted by Crippen LogP contribution is -2.49. The van der Waals surface area contributed by atoms with Gasteiger partial charge in [0.25, 0.3) is 5.91 Å². The van der Waals surface area contributed by atoms with Gasteiger partial charge in [0.1, 0.15) is 12.1 Å². The van der Waals surface area contributed by atoms with Crippen molar-refractivity contribution >= 4 is 17.8 Å². The van der Waals surface area contributed by atoms with Crippen LogP contribution in [0.5, 0.6) is 0 Å². The summed E-state index contributed by atoms with van der Waals surface area (Å²) in [5.41, 5.74) is 0.609. The van der Waals surface area contributed by atoms with Crippen molar-refractivity contribution in [2.75, 3.05) is 13.2 Å². The SMILES string of the molecule is CCCC[C@H](NC(=O)O[C@H]1COCC1(C)C)C(=O)C(=O)N[C@H](C)c1ccccc1. The van der Waals surface area contributed by atoms with E-state index in [0.29, 0.717) is 26.1 Å². The highest BCUT2D eigenvalue weighted by molar-refractivity contribution is 6.38. The van der Waals surface area contributed by atoms with Crippen LogP contribution in [0.15, 0.2) is 30.3 Å². The van der Waals surface area contributed by atoms with Gasteiger partial charge in [-0.2, -0.15) is 0 Å². The van der Waals surface area contributed by atoms with Gasteiger partial charge in [0.2, 0.25) is 5.78 Å². The van der Waals surface area contributed by atoms with Crippen molar-refractivity contribution in [3.63, 3.8) is 0 Å². The molecule has 3 atom stereocenters. The number of ketones is 1. The van der Waals surface area contributed by atoms with Crippen molar-refractivity contribution in [1.82, 2.24) is 10.6 Å². The summed E-state index contributed by atoms with van der Waals surface area (Å²) in [5, 5.41) is 5.29. The molecular formula is C22H32N2O5. The zero-order valence-corrected chi connectivity index (χ0v) is 17.7. The largest absolute Gasteiger partial charge is 0.443 e. The molecule has 0 aromatic heterocycles. The molecule has 2 N–H and O–H groups in total. The molecule has 0 unspecified atom stereocenters. The molecule has 0 aliphatic carbocycles. The molecule has 7 heteroatoms. The van der Waals surface area contributed by atoms with Crippen molar-refractivity contribution < 1.29 is 23.9 Å². The zero-order valence-electron chi connectivity index (χ0n) is 17.7. The van der Waals surface area contributed by atoms with Gasteiger partial charge in [0.05, 0.1) is 19.3 Å². The molecule has 0 saturated carbocycles. The Kier molecular flexibility index (Phi) is 8.20. The van der Waals surface area contributed by atoms with Crippen molar-refractivity contribution in [3.8, 4) is 0 Å². The average molecular weight is 405 g/mol. The maximum atomic E-state index is 12.7. The van der Waals surface area contributed by atoms with Crippen LogP contribution in [-0.2, 0) is 19.1 Å². The molecule has 1 aliphatic heterocycles. The van der Waals surface area contributed by atoms with E-state index in [-0.39, 0.29) is 11.5 Å². The van der Waals surface area contributed by atoms with E-state index in [4.69, 9.17) is 9.47 Å². The van der Waals surface area contributed by atoms with E-state index in [0.717, 1.165) is 12.0 Å². The fourth-order valence-electron chi connectivity index (χ4n) is 3.17. The number of carbonyl (C=O) groups excluding carboxylic acids is 3. The van der Waals surface area contributed by atoms with Crippen LogP contribution in [0.25, 0.3) is 0 Å². The Labute approximate surface area is 172 Å². The third-order valence-corrected chi connectivity index (χ3v) is 5.19. The predicted octanol–water partition coefficient (Wildman–Crippen LogP) is 3.14. The molecule has 160 valence electrons. The molecule has 0 radical (unpaired) electrons. The summed E-state index contributed by atoms with van der Waals surface area (Å²) in [6.07, 6.45) is 0.827. The highest BCUT2D eigenvalue weighted by Crippen LogP contribution is 2.29. The summed E-state index contributed by atoms with van der Waals surface area (Å²) in [7, 11) is 0. The summed E-state index contributed by atoms with van der Waals surface area (Å²) in [4.78, 5) is 37.6. The molecule has 1 fully saturated rings. The number of nitrogens with one attached hydrogen (secondary N) is 2. The maximum Gasteiger partial charge on any atom is 0.408 e. The lowest BCUT2D eigenvalue weighted by molar-refractivity contribution is -0.139. The van der Waals surface area contributed by atoms with Crippen molar-refractivity contribution in [2.24, 2.45) is 5.41 Å². The van der Waals surface area contributed by atoms with E-state index in [2.05, 4.69) is 10.6 Å². The van der Waals surface area contributed by atoms with Gasteiger partial charge in [-0.3, -0.25) is 9.59 Å². The van der Waals surface area contributed by atoms with Crippen LogP contribution < -0.4 is 10.6 Å². The van der Waals surface area contributed by atoms with Crippen molar-refractivity contribution in [2.45, 2.75) is 65.1 Å². The first kappa shape index (κ1) is 22.9. The molecule has 1 heterocycles. The highest BCUT2D eigenvalue weighted by atomic mass is 16.6. The Morgan fingerprint density at radius 3 is 2.48 bits per heavy atom. The smallest absolute Gasteiger partial charge is 0.408 e. The Balaban J connectivity index is 1.97. The first-order chi connectivity index (χ1) is 13.7. The van der Waals surface area contributed by atoms with E-state index in [9.17, 15) is 14.4 Å². The Hall–Kier alpha value is -2.41. The number of rotatable bonds is 9. The summed E-state index contributed by atoms with van der Waals surface area (Å²) in [6, 6.07) is 8.15. The van der Waals surface area contributed by atoms with Crippen molar-refractivity contribution in [3.05, 3.63) is 35.9 Å². The number of unbranched alkanes of at least 4 members (excludes halogenated alkanes) is 1. The third kappa shape index (κ3) is 6.56. The molecule has 1 aliphatic rings. The molecular weight excluding hydrogens is 372 g/mol. The van der Waals surface area contributed by atoms with Crippen LogP contribution in [0.1, 0.15) is 58.6 Å². The lowest BCUT2D eigenvalue weighted by atomic mass is 9.90. The van der Waals surface area contributed by atoms with Gasteiger partial charge in [-0.05, 0) is 18.9 Å². The van der Waals surface area contributed by atoms with Crippen LogP contribution >= 0.6 is 0 Å². The average Bonchev–Trinajstić information content (AvgIpc) is 3.02. The quantitative estimate of drug-likeness (QED) is 0.617. The number of benzene rings is 1. The van der Waals surface area contributed by atoms with Crippen LogP contribution in [0.2, 0.25) is 0 Å². The second kappa shape index (κ2) is 10.4. The minimum Gasteiger partial charge on any atom is -0.443 e. The first-order valence-corrected chi connectivity index (χ1v) is 10.2. The summed E-state index contributed by atoms with van der Waals surface area (Å²) < 4.78 is 10.8. The molecule has 7 nitrogen and oxygen atoms in total. The molecule has 1 aromatic rings. The number of Topliss-reactive ketones (excluding diaryl/α,β-unsaturated/α-hetero) is 1. The minimum atomic E-state index is -0.921. The van der Waals surface area contributed by atoms with Crippen LogP contribution in [0.3, 0.4) is 0 Å². The third-order valence-electron chi connectivity index (χ3n) is 5.19. The number of amides is 2. The van der Waals surface area contributed by atoms with Gasteiger partial charge in [0.15, 0.2) is 0 Å². The van der Waals surface area contributed by atoms with E-state index < -0.39 is 29.9 Å². The predicted molar refractivity (Wildman–Crippen MR) is 109 cm³/mol. The van der Waals surface area contributed by atoms with Gasteiger partial charge in [-0.1, -0.05) is 63.9 Å². The van der Waals surface area contributed by atoms with Crippen LogP contribution in [-0.4, -0.2) is 43.1 Å². The normalized spacial score (nSPS) is 19.8. The van der Waals surface area contributed by atoms with Crippen LogP contribution in [0.4, 0.5) is 4.79 Å². The molecule has 0 bridgehead atoms. The molecule has 29 heavy (non-hydrogen) atoms. The fraction of sp³-hybridized carbons (Fsp3) is 0.591. The number of alkyl carbamates (subject to hydrolysis) is 1. The molecule has 2 amide bonds. The first-order valence-electron chi connectivity index (χ1n) is 10.2. The van der Waals surface area contributed by atoms with Gasteiger partial charge in [-0.25, -0.2) is 4.79 Å². The molecule has 1 saturated heterocycles.